The average Bonchev–Trinajstić information content (AvgIpc) is 2.71. The molecule has 0 aliphatic heterocycles. The van der Waals surface area contributed by atoms with Crippen LogP contribution in [-0.4, -0.2) is 26.2 Å². The van der Waals surface area contributed by atoms with Gasteiger partial charge in [0, 0.05) is 11.8 Å². The van der Waals surface area contributed by atoms with Crippen LogP contribution in [0.3, 0.4) is 0 Å². The highest BCUT2D eigenvalue weighted by Crippen LogP contribution is 2.34. The lowest BCUT2D eigenvalue weighted by Crippen LogP contribution is -2.22. The van der Waals surface area contributed by atoms with Crippen molar-refractivity contribution in [2.75, 3.05) is 17.3 Å². The Hall–Kier alpha value is -3.40. The summed E-state index contributed by atoms with van der Waals surface area (Å²) < 4.78 is 32.9. The van der Waals surface area contributed by atoms with Crippen molar-refractivity contribution in [3.05, 3.63) is 64.2 Å². The van der Waals surface area contributed by atoms with Crippen molar-refractivity contribution >= 4 is 32.8 Å². The minimum atomic E-state index is -4.03. The van der Waals surface area contributed by atoms with Crippen molar-refractivity contribution in [2.24, 2.45) is 10.5 Å². The van der Waals surface area contributed by atoms with Crippen molar-refractivity contribution in [2.45, 2.75) is 38.5 Å². The van der Waals surface area contributed by atoms with Crippen molar-refractivity contribution in [1.29, 1.82) is 0 Å². The molecular weight excluding hydrogens is 432 g/mol. The molecule has 0 spiro atoms. The maximum absolute atomic E-state index is 12.7. The van der Waals surface area contributed by atoms with E-state index in [-0.39, 0.29) is 21.7 Å². The molecule has 0 unspecified atom stereocenters. The van der Waals surface area contributed by atoms with Crippen LogP contribution in [0.25, 0.3) is 0 Å². The predicted molar refractivity (Wildman–Crippen MR) is 125 cm³/mol. The first-order valence-electron chi connectivity index (χ1n) is 9.94. The molecule has 0 radical (unpaired) electrons. The first-order valence-corrected chi connectivity index (χ1v) is 11.4. The summed E-state index contributed by atoms with van der Waals surface area (Å²) in [5, 5.41) is 15.9. The van der Waals surface area contributed by atoms with Crippen LogP contribution in [0, 0.1) is 15.5 Å². The van der Waals surface area contributed by atoms with E-state index < -0.39 is 14.9 Å². The summed E-state index contributed by atoms with van der Waals surface area (Å²) >= 11 is 0. The van der Waals surface area contributed by atoms with Gasteiger partial charge in [-0.15, -0.1) is 0 Å². The Bertz CT molecular complexity index is 1190. The number of benzene rings is 2. The molecule has 9 nitrogen and oxygen atoms in total. The van der Waals surface area contributed by atoms with E-state index in [1.807, 2.05) is 13.0 Å². The normalized spacial score (nSPS) is 16.9. The van der Waals surface area contributed by atoms with E-state index in [4.69, 9.17) is 4.74 Å². The lowest BCUT2D eigenvalue weighted by atomic mass is 9.77. The number of sulfonamides is 1. The number of hydrogen-bond donors (Lipinski definition) is 2. The molecular formula is C22H26N4O5S. The molecule has 2 aromatic rings. The van der Waals surface area contributed by atoms with E-state index in [1.54, 1.807) is 12.1 Å². The number of anilines is 2. The number of methoxy groups -OCH3 is 1. The number of nitro groups is 1. The maximum Gasteiger partial charge on any atom is 0.295 e. The van der Waals surface area contributed by atoms with E-state index >= 15 is 0 Å². The molecule has 1 aliphatic carbocycles. The van der Waals surface area contributed by atoms with Crippen molar-refractivity contribution in [3.63, 3.8) is 0 Å². The molecule has 0 heterocycles. The lowest BCUT2D eigenvalue weighted by Gasteiger charge is -2.29. The van der Waals surface area contributed by atoms with Gasteiger partial charge in [-0.25, -0.2) is 8.42 Å². The highest BCUT2D eigenvalue weighted by atomic mass is 32.2. The summed E-state index contributed by atoms with van der Waals surface area (Å²) in [4.78, 5) is 10.7. The van der Waals surface area contributed by atoms with Crippen molar-refractivity contribution in [3.8, 4) is 5.75 Å². The highest BCUT2D eigenvalue weighted by Gasteiger charge is 2.25. The third kappa shape index (κ3) is 5.64. The topological polar surface area (TPSA) is 123 Å². The molecule has 2 N–H and O–H groups in total. The Balaban J connectivity index is 1.86. The van der Waals surface area contributed by atoms with E-state index in [0.717, 1.165) is 24.6 Å². The number of nitro benzene ring substituents is 1. The fraction of sp³-hybridized carbons (Fsp3) is 0.318. The molecule has 0 aromatic heterocycles. The van der Waals surface area contributed by atoms with Gasteiger partial charge < -0.3 is 4.74 Å². The van der Waals surface area contributed by atoms with Crippen LogP contribution < -0.4 is 14.9 Å². The van der Waals surface area contributed by atoms with Gasteiger partial charge in [0.2, 0.25) is 0 Å². The van der Waals surface area contributed by atoms with Gasteiger partial charge in [-0.1, -0.05) is 19.4 Å². The minimum absolute atomic E-state index is 0.0519. The SMILES string of the molecule is COc1ccc(NS(=O)(=O)c2ccc(N/N=C3\C=C(C)CC(C)(C)C3)c([N+](=O)[O-])c2)cc1. The van der Waals surface area contributed by atoms with E-state index in [9.17, 15) is 18.5 Å². The first-order chi connectivity index (χ1) is 15.0. The number of allylic oxidation sites excluding steroid dienone is 2. The molecule has 170 valence electrons. The predicted octanol–water partition coefficient (Wildman–Crippen LogP) is 4.94. The second-order valence-electron chi connectivity index (χ2n) is 8.49. The Labute approximate surface area is 187 Å². The van der Waals surface area contributed by atoms with E-state index in [0.29, 0.717) is 11.4 Å². The van der Waals surface area contributed by atoms with Gasteiger partial charge in [-0.2, -0.15) is 5.10 Å². The number of nitrogens with zero attached hydrogens (tertiary/aromatic N) is 2. The quantitative estimate of drug-likeness (QED) is 0.447. The number of rotatable bonds is 7. The third-order valence-electron chi connectivity index (χ3n) is 4.97. The van der Waals surface area contributed by atoms with Crippen LogP contribution >= 0.6 is 0 Å². The molecule has 10 heteroatoms. The van der Waals surface area contributed by atoms with Crippen LogP contribution in [0.5, 0.6) is 5.75 Å². The number of nitrogens with one attached hydrogen (secondary N) is 2. The van der Waals surface area contributed by atoms with Gasteiger partial charge in [-0.3, -0.25) is 20.3 Å². The molecule has 1 aliphatic rings. The molecule has 0 atom stereocenters. The average molecular weight is 459 g/mol. The lowest BCUT2D eigenvalue weighted by molar-refractivity contribution is -0.384. The van der Waals surface area contributed by atoms with Crippen molar-refractivity contribution in [1.82, 2.24) is 0 Å². The monoisotopic (exact) mass is 458 g/mol. The second-order valence-corrected chi connectivity index (χ2v) is 10.2. The fourth-order valence-electron chi connectivity index (χ4n) is 3.70. The summed E-state index contributed by atoms with van der Waals surface area (Å²) in [5.74, 6) is 0.576. The van der Waals surface area contributed by atoms with Crippen LogP contribution in [-0.2, 0) is 10.0 Å². The van der Waals surface area contributed by atoms with E-state index in [1.165, 1.54) is 36.9 Å². The maximum atomic E-state index is 12.7. The van der Waals surface area contributed by atoms with Crippen LogP contribution in [0.2, 0.25) is 0 Å². The highest BCUT2D eigenvalue weighted by molar-refractivity contribution is 7.92. The molecule has 0 amide bonds. The summed E-state index contributed by atoms with van der Waals surface area (Å²) in [6, 6.07) is 9.95. The van der Waals surface area contributed by atoms with Gasteiger partial charge in [0.05, 0.1) is 22.6 Å². The fourth-order valence-corrected chi connectivity index (χ4v) is 4.77. The molecule has 0 fully saturated rings. The van der Waals surface area contributed by atoms with E-state index in [2.05, 4.69) is 29.1 Å². The Morgan fingerprint density at radius 3 is 2.41 bits per heavy atom. The minimum Gasteiger partial charge on any atom is -0.497 e. The summed E-state index contributed by atoms with van der Waals surface area (Å²) in [6.45, 7) is 6.29. The number of ether oxygens (including phenoxy) is 1. The summed E-state index contributed by atoms with van der Waals surface area (Å²) in [6.07, 6.45) is 3.64. The molecule has 0 saturated heterocycles. The second kappa shape index (κ2) is 8.99. The zero-order chi connectivity index (χ0) is 23.5. The zero-order valence-corrected chi connectivity index (χ0v) is 19.2. The Kier molecular flexibility index (Phi) is 6.54. The smallest absolute Gasteiger partial charge is 0.295 e. The zero-order valence-electron chi connectivity index (χ0n) is 18.4. The van der Waals surface area contributed by atoms with Gasteiger partial charge in [0.25, 0.3) is 15.7 Å². The Morgan fingerprint density at radius 1 is 1.12 bits per heavy atom. The number of hydrogen-bond acceptors (Lipinski definition) is 7. The largest absolute Gasteiger partial charge is 0.497 e. The van der Waals surface area contributed by atoms with Gasteiger partial charge in [-0.05, 0) is 67.7 Å². The van der Waals surface area contributed by atoms with Crippen LogP contribution in [0.15, 0.2) is 64.1 Å². The molecule has 3 rings (SSSR count). The standard InChI is InChI=1S/C22H26N4O5S/c1-15-11-17(14-22(2,3)13-15)23-24-20-10-9-19(12-21(20)26(27)28)32(29,30)25-16-5-7-18(31-4)8-6-16/h5-12,24-25H,13-14H2,1-4H3/b23-17+. The van der Waals surface area contributed by atoms with Crippen LogP contribution in [0.1, 0.15) is 33.6 Å². The Morgan fingerprint density at radius 2 is 1.81 bits per heavy atom. The van der Waals surface area contributed by atoms with Gasteiger partial charge in [0.15, 0.2) is 0 Å². The molecule has 0 saturated carbocycles. The molecule has 0 bridgehead atoms. The van der Waals surface area contributed by atoms with Gasteiger partial charge >= 0.3 is 0 Å². The summed E-state index contributed by atoms with van der Waals surface area (Å²) in [7, 11) is -2.53. The van der Waals surface area contributed by atoms with Crippen molar-refractivity contribution < 1.29 is 18.1 Å². The molecule has 32 heavy (non-hydrogen) atoms. The van der Waals surface area contributed by atoms with Gasteiger partial charge in [0.1, 0.15) is 11.4 Å². The number of hydrazone groups is 1. The first kappa shape index (κ1) is 23.3. The molecule has 2 aromatic carbocycles. The third-order valence-corrected chi connectivity index (χ3v) is 6.35. The summed E-state index contributed by atoms with van der Waals surface area (Å²) in [5.41, 5.74) is 4.79. The van der Waals surface area contributed by atoms with Crippen LogP contribution in [0.4, 0.5) is 17.1 Å².